The first kappa shape index (κ1) is 8.97. The smallest absolute Gasteiger partial charge is 0.0997 e. The van der Waals surface area contributed by atoms with E-state index in [4.69, 9.17) is 0 Å². The summed E-state index contributed by atoms with van der Waals surface area (Å²) in [5.41, 5.74) is 7.67. The maximum absolute atomic E-state index is 3.86. The van der Waals surface area contributed by atoms with E-state index in [0.29, 0.717) is 0 Å². The van der Waals surface area contributed by atoms with Crippen molar-refractivity contribution in [1.82, 2.24) is 0 Å². The molecule has 1 heteroatoms. The molecule has 0 unspecified atom stereocenters. The van der Waals surface area contributed by atoms with Crippen LogP contribution in [0, 0.1) is 0 Å². The van der Waals surface area contributed by atoms with Crippen LogP contribution in [-0.2, 0) is 6.54 Å². The third kappa shape index (κ3) is 1.83. The van der Waals surface area contributed by atoms with E-state index >= 15 is 0 Å². The molecule has 0 aromatic heterocycles. The molecule has 0 radical (unpaired) electrons. The topological polar surface area (TPSA) is 27.6 Å². The summed E-state index contributed by atoms with van der Waals surface area (Å²) in [4.78, 5) is 0. The second-order valence-corrected chi connectivity index (χ2v) is 3.31. The SMILES string of the molecule is [NH3+]Cc1ccc(-c2ccccc2)cc1. The van der Waals surface area contributed by atoms with Gasteiger partial charge in [-0.05, 0) is 11.1 Å². The van der Waals surface area contributed by atoms with Crippen LogP contribution < -0.4 is 5.73 Å². The maximum atomic E-state index is 3.86. The zero-order valence-corrected chi connectivity index (χ0v) is 8.11. The molecule has 14 heavy (non-hydrogen) atoms. The largest absolute Gasteiger partial charge is 0.354 e. The summed E-state index contributed by atoms with van der Waals surface area (Å²) in [5, 5.41) is 0. The summed E-state index contributed by atoms with van der Waals surface area (Å²) in [6.07, 6.45) is 0. The summed E-state index contributed by atoms with van der Waals surface area (Å²) in [7, 11) is 0. The third-order valence-electron chi connectivity index (χ3n) is 2.35. The van der Waals surface area contributed by atoms with E-state index < -0.39 is 0 Å². The predicted molar refractivity (Wildman–Crippen MR) is 58.5 cm³/mol. The van der Waals surface area contributed by atoms with Crippen LogP contribution in [0.1, 0.15) is 5.56 Å². The lowest BCUT2D eigenvalue weighted by atomic mass is 10.0. The van der Waals surface area contributed by atoms with E-state index in [1.165, 1.54) is 16.7 Å². The molecule has 0 aliphatic carbocycles. The van der Waals surface area contributed by atoms with Crippen LogP contribution in [-0.4, -0.2) is 0 Å². The molecule has 0 heterocycles. The Morgan fingerprint density at radius 3 is 1.86 bits per heavy atom. The quantitative estimate of drug-likeness (QED) is 0.740. The van der Waals surface area contributed by atoms with Crippen LogP contribution >= 0.6 is 0 Å². The molecule has 0 aliphatic heterocycles. The van der Waals surface area contributed by atoms with Crippen LogP contribution in [0.25, 0.3) is 11.1 Å². The van der Waals surface area contributed by atoms with Crippen LogP contribution in [0.5, 0.6) is 0 Å². The Balaban J connectivity index is 2.34. The number of hydrogen-bond acceptors (Lipinski definition) is 0. The highest BCUT2D eigenvalue weighted by atomic mass is 14.5. The number of quaternary nitrogens is 1. The molecule has 0 fully saturated rings. The van der Waals surface area contributed by atoms with E-state index in [9.17, 15) is 0 Å². The summed E-state index contributed by atoms with van der Waals surface area (Å²) in [6, 6.07) is 19.0. The Hall–Kier alpha value is -1.60. The van der Waals surface area contributed by atoms with Gasteiger partial charge in [-0.3, -0.25) is 0 Å². The van der Waals surface area contributed by atoms with Gasteiger partial charge in [0.05, 0.1) is 6.54 Å². The first-order chi connectivity index (χ1) is 6.90. The molecule has 70 valence electrons. The molecule has 0 bridgehead atoms. The fourth-order valence-electron chi connectivity index (χ4n) is 1.49. The standard InChI is InChI=1S/C13H13N/c14-10-11-6-8-13(9-7-11)12-4-2-1-3-5-12/h1-9H,10,14H2/p+1. The zero-order valence-electron chi connectivity index (χ0n) is 8.11. The average molecular weight is 184 g/mol. The Labute approximate surface area is 84.2 Å². The van der Waals surface area contributed by atoms with Crippen molar-refractivity contribution in [3.8, 4) is 11.1 Å². The highest BCUT2D eigenvalue weighted by Crippen LogP contribution is 2.18. The minimum absolute atomic E-state index is 0.856. The highest BCUT2D eigenvalue weighted by molar-refractivity contribution is 5.63. The Bertz CT molecular complexity index is 389. The first-order valence-corrected chi connectivity index (χ1v) is 4.84. The molecule has 0 saturated heterocycles. The number of hydrogen-bond donors (Lipinski definition) is 1. The van der Waals surface area contributed by atoms with Gasteiger partial charge in [-0.15, -0.1) is 0 Å². The molecule has 1 nitrogen and oxygen atoms in total. The molecular weight excluding hydrogens is 170 g/mol. The average Bonchev–Trinajstić information content (AvgIpc) is 2.30. The Kier molecular flexibility index (Phi) is 2.61. The maximum Gasteiger partial charge on any atom is 0.0997 e. The van der Waals surface area contributed by atoms with E-state index in [2.05, 4.69) is 54.3 Å². The van der Waals surface area contributed by atoms with E-state index in [1.807, 2.05) is 6.07 Å². The lowest BCUT2D eigenvalue weighted by Crippen LogP contribution is -2.47. The van der Waals surface area contributed by atoms with E-state index in [-0.39, 0.29) is 0 Å². The summed E-state index contributed by atoms with van der Waals surface area (Å²) < 4.78 is 0. The van der Waals surface area contributed by atoms with Crippen LogP contribution in [0.3, 0.4) is 0 Å². The zero-order chi connectivity index (χ0) is 9.80. The summed E-state index contributed by atoms with van der Waals surface area (Å²) in [5.74, 6) is 0. The number of benzene rings is 2. The van der Waals surface area contributed by atoms with Gasteiger partial charge in [-0.25, -0.2) is 0 Å². The molecule has 0 aliphatic rings. The molecule has 0 saturated carbocycles. The minimum Gasteiger partial charge on any atom is -0.354 e. The van der Waals surface area contributed by atoms with Gasteiger partial charge in [-0.2, -0.15) is 0 Å². The molecule has 2 aromatic carbocycles. The van der Waals surface area contributed by atoms with Crippen molar-refractivity contribution in [1.29, 1.82) is 0 Å². The van der Waals surface area contributed by atoms with Crippen LogP contribution in [0.15, 0.2) is 54.6 Å². The van der Waals surface area contributed by atoms with E-state index in [1.54, 1.807) is 0 Å². The monoisotopic (exact) mass is 184 g/mol. The van der Waals surface area contributed by atoms with Gasteiger partial charge in [0, 0.05) is 5.56 Å². The minimum atomic E-state index is 0.856. The highest BCUT2D eigenvalue weighted by Gasteiger charge is 1.96. The van der Waals surface area contributed by atoms with Crippen molar-refractivity contribution in [3.05, 3.63) is 60.2 Å². The normalized spacial score (nSPS) is 10.1. The van der Waals surface area contributed by atoms with Gasteiger partial charge in [0.15, 0.2) is 0 Å². The Morgan fingerprint density at radius 2 is 1.29 bits per heavy atom. The molecule has 0 spiro atoms. The molecule has 0 atom stereocenters. The third-order valence-corrected chi connectivity index (χ3v) is 2.35. The van der Waals surface area contributed by atoms with Crippen molar-refractivity contribution < 1.29 is 5.73 Å². The van der Waals surface area contributed by atoms with E-state index in [0.717, 1.165) is 6.54 Å². The summed E-state index contributed by atoms with van der Waals surface area (Å²) >= 11 is 0. The van der Waals surface area contributed by atoms with Crippen molar-refractivity contribution >= 4 is 0 Å². The molecular formula is C13H14N+. The predicted octanol–water partition coefficient (Wildman–Crippen LogP) is 2.10. The molecule has 2 rings (SSSR count). The lowest BCUT2D eigenvalue weighted by molar-refractivity contribution is -0.386. The lowest BCUT2D eigenvalue weighted by Gasteiger charge is -2.01. The fraction of sp³-hybridized carbons (Fsp3) is 0.0769. The molecule has 0 amide bonds. The van der Waals surface area contributed by atoms with Crippen LogP contribution in [0.4, 0.5) is 0 Å². The first-order valence-electron chi connectivity index (χ1n) is 4.84. The van der Waals surface area contributed by atoms with Crippen LogP contribution in [0.2, 0.25) is 0 Å². The van der Waals surface area contributed by atoms with Gasteiger partial charge in [-0.1, -0.05) is 54.6 Å². The van der Waals surface area contributed by atoms with Crippen molar-refractivity contribution in [2.75, 3.05) is 0 Å². The molecule has 2 aromatic rings. The number of rotatable bonds is 2. The Morgan fingerprint density at radius 1 is 0.714 bits per heavy atom. The summed E-state index contributed by atoms with van der Waals surface area (Å²) in [6.45, 7) is 0.856. The second kappa shape index (κ2) is 4.07. The van der Waals surface area contributed by atoms with Gasteiger partial charge in [0.1, 0.15) is 0 Å². The van der Waals surface area contributed by atoms with Gasteiger partial charge < -0.3 is 5.73 Å². The van der Waals surface area contributed by atoms with Crippen molar-refractivity contribution in [2.45, 2.75) is 6.54 Å². The fourth-order valence-corrected chi connectivity index (χ4v) is 1.49. The second-order valence-electron chi connectivity index (χ2n) is 3.31. The van der Waals surface area contributed by atoms with Gasteiger partial charge in [0.25, 0.3) is 0 Å². The van der Waals surface area contributed by atoms with Gasteiger partial charge in [0.2, 0.25) is 0 Å². The van der Waals surface area contributed by atoms with Crippen molar-refractivity contribution in [2.24, 2.45) is 0 Å². The van der Waals surface area contributed by atoms with Crippen molar-refractivity contribution in [3.63, 3.8) is 0 Å². The van der Waals surface area contributed by atoms with Gasteiger partial charge >= 0.3 is 0 Å². The molecule has 3 N–H and O–H groups in total.